The van der Waals surface area contributed by atoms with Crippen LogP contribution >= 0.6 is 0 Å². The number of hydrogen-bond acceptors (Lipinski definition) is 18. The van der Waals surface area contributed by atoms with Crippen LogP contribution in [0, 0.1) is 45.3 Å². The summed E-state index contributed by atoms with van der Waals surface area (Å²) in [4.78, 5) is 0. The predicted molar refractivity (Wildman–Crippen MR) is 234 cm³/mol. The predicted octanol–water partition coefficient (Wildman–Crippen LogP) is -0.0268. The van der Waals surface area contributed by atoms with Crippen LogP contribution in [0.3, 0.4) is 0 Å². The number of fused-ring (bicyclic) bond motifs is 5. The van der Waals surface area contributed by atoms with E-state index in [0.29, 0.717) is 32.1 Å². The van der Waals surface area contributed by atoms with E-state index in [0.717, 1.165) is 25.7 Å². The number of aliphatic hydroxyl groups is 12. The van der Waals surface area contributed by atoms with Crippen LogP contribution in [-0.4, -0.2) is 191 Å². The second-order valence-electron chi connectivity index (χ2n) is 22.9. The lowest BCUT2D eigenvalue weighted by Gasteiger charge is -2.71. The van der Waals surface area contributed by atoms with Gasteiger partial charge < -0.3 is 89.7 Å². The summed E-state index contributed by atoms with van der Waals surface area (Å²) < 4.78 is 37.5. The Kier molecular flexibility index (Phi) is 15.7. The molecule has 0 spiro atoms. The lowest BCUT2D eigenvalue weighted by Crippen LogP contribution is -2.68. The third kappa shape index (κ3) is 8.90. The normalized spacial score (nSPS) is 52.4. The van der Waals surface area contributed by atoms with Crippen molar-refractivity contribution in [2.24, 2.45) is 45.3 Å². The maximum atomic E-state index is 12.4. The van der Waals surface area contributed by atoms with E-state index in [1.807, 2.05) is 20.8 Å². The van der Waals surface area contributed by atoms with E-state index in [4.69, 9.17) is 28.4 Å². The molecule has 0 aromatic carbocycles. The summed E-state index contributed by atoms with van der Waals surface area (Å²) in [5.74, 6) is -0.265. The third-order valence-electron chi connectivity index (χ3n) is 18.7. The van der Waals surface area contributed by atoms with Crippen molar-refractivity contribution in [1.29, 1.82) is 0 Å². The first-order valence-electron chi connectivity index (χ1n) is 24.4. The van der Waals surface area contributed by atoms with Crippen molar-refractivity contribution in [3.05, 3.63) is 11.6 Å². The first kappa shape index (κ1) is 52.8. The Morgan fingerprint density at radius 2 is 1.12 bits per heavy atom. The van der Waals surface area contributed by atoms with E-state index < -0.39 is 135 Å². The molecule has 0 aromatic heterocycles. The molecule has 7 rings (SSSR count). The van der Waals surface area contributed by atoms with Crippen LogP contribution in [0.4, 0.5) is 0 Å². The zero-order valence-corrected chi connectivity index (χ0v) is 40.0. The van der Waals surface area contributed by atoms with Crippen molar-refractivity contribution < 1.29 is 89.7 Å². The number of allylic oxidation sites excluding steroid dienone is 2. The molecule has 382 valence electrons. The highest BCUT2D eigenvalue weighted by atomic mass is 16.8. The van der Waals surface area contributed by atoms with Gasteiger partial charge >= 0.3 is 0 Å². The molecule has 0 amide bonds. The van der Waals surface area contributed by atoms with E-state index in [2.05, 4.69) is 40.7 Å². The molecule has 0 bridgehead atoms. The summed E-state index contributed by atoms with van der Waals surface area (Å²) in [7, 11) is 0. The molecule has 0 unspecified atom stereocenters. The molecule has 7 fully saturated rings. The van der Waals surface area contributed by atoms with Crippen molar-refractivity contribution in [2.75, 3.05) is 19.8 Å². The van der Waals surface area contributed by atoms with Crippen LogP contribution in [0.1, 0.15) is 113 Å². The fourth-order valence-electron chi connectivity index (χ4n) is 14.8. The van der Waals surface area contributed by atoms with E-state index in [1.165, 1.54) is 5.57 Å². The molecule has 0 radical (unpaired) electrons. The van der Waals surface area contributed by atoms with Crippen LogP contribution < -0.4 is 0 Å². The second-order valence-corrected chi connectivity index (χ2v) is 22.9. The monoisotopic (exact) mass is 947 g/mol. The Bertz CT molecular complexity index is 1670. The van der Waals surface area contributed by atoms with Gasteiger partial charge in [-0.05, 0) is 124 Å². The summed E-state index contributed by atoms with van der Waals surface area (Å²) in [6.45, 7) is 15.4. The van der Waals surface area contributed by atoms with Crippen LogP contribution in [0.5, 0.6) is 0 Å². The first-order valence-corrected chi connectivity index (χ1v) is 24.4. The SMILES string of the molecule is CC(C)=CCC[C@](C)(O)[C@H]1CC[C@]2(C)[C@@H]1[C@H](O[C@@H]1O[C@H](CO)[C@@H](O)[C@H](O)[C@H]1O)C[C@@H]1[C@@]3(C)CC[C@H](O[C@@H]4O[C@H](CO)[C@@H](O)[C@H](O)[C@H]4O[C@@H]4O[C@H](CO)[C@@H](O)[C@H](O)[C@H]4O)C(C)(C)[C@@H]3CC[C@]12C. The number of rotatable bonds is 13. The number of ether oxygens (including phenoxy) is 6. The molecule has 18 nitrogen and oxygen atoms in total. The van der Waals surface area contributed by atoms with E-state index in [9.17, 15) is 61.3 Å². The van der Waals surface area contributed by atoms with Crippen LogP contribution in [0.2, 0.25) is 0 Å². The molecule has 0 aromatic rings. The van der Waals surface area contributed by atoms with Crippen LogP contribution in [0.15, 0.2) is 11.6 Å². The molecular weight excluding hydrogens is 865 g/mol. The first-order chi connectivity index (χ1) is 30.8. The number of aliphatic hydroxyl groups excluding tert-OH is 11. The summed E-state index contributed by atoms with van der Waals surface area (Å²) in [5.41, 5.74) is -1.37. The van der Waals surface area contributed by atoms with Gasteiger partial charge in [0.25, 0.3) is 0 Å². The molecule has 4 saturated carbocycles. The van der Waals surface area contributed by atoms with Crippen molar-refractivity contribution in [3.8, 4) is 0 Å². The lowest BCUT2D eigenvalue weighted by molar-refractivity contribution is -0.379. The van der Waals surface area contributed by atoms with Crippen LogP contribution in [-0.2, 0) is 28.4 Å². The summed E-state index contributed by atoms with van der Waals surface area (Å²) in [6, 6.07) is 0. The highest BCUT2D eigenvalue weighted by Gasteiger charge is 2.72. The molecular formula is C48H82O18. The van der Waals surface area contributed by atoms with Gasteiger partial charge in [0.1, 0.15) is 73.2 Å². The summed E-state index contributed by atoms with van der Waals surface area (Å²) >= 11 is 0. The Hall–Kier alpha value is -0.980. The topological polar surface area (TPSA) is 298 Å². The summed E-state index contributed by atoms with van der Waals surface area (Å²) in [6.07, 6.45) is -15.6. The molecule has 3 heterocycles. The quantitative estimate of drug-likeness (QED) is 0.0853. The molecule has 18 heteroatoms. The van der Waals surface area contributed by atoms with Gasteiger partial charge in [-0.1, -0.05) is 46.3 Å². The third-order valence-corrected chi connectivity index (χ3v) is 18.7. The van der Waals surface area contributed by atoms with Gasteiger partial charge in [0.05, 0.1) is 37.6 Å². The summed E-state index contributed by atoms with van der Waals surface area (Å²) in [5, 5.41) is 129. The van der Waals surface area contributed by atoms with Gasteiger partial charge in [0, 0.05) is 0 Å². The second kappa shape index (κ2) is 19.6. The average Bonchev–Trinajstić information content (AvgIpc) is 3.65. The fourth-order valence-corrected chi connectivity index (χ4v) is 14.8. The van der Waals surface area contributed by atoms with E-state index >= 15 is 0 Å². The molecule has 3 saturated heterocycles. The Balaban J connectivity index is 1.19. The minimum Gasteiger partial charge on any atom is -0.394 e. The van der Waals surface area contributed by atoms with Crippen molar-refractivity contribution in [3.63, 3.8) is 0 Å². The van der Waals surface area contributed by atoms with Gasteiger partial charge in [-0.3, -0.25) is 0 Å². The van der Waals surface area contributed by atoms with Gasteiger partial charge in [-0.2, -0.15) is 0 Å². The van der Waals surface area contributed by atoms with E-state index in [1.54, 1.807) is 0 Å². The molecule has 7 aliphatic rings. The smallest absolute Gasteiger partial charge is 0.187 e. The fraction of sp³-hybridized carbons (Fsp3) is 0.958. The molecule has 3 aliphatic heterocycles. The maximum absolute atomic E-state index is 12.4. The maximum Gasteiger partial charge on any atom is 0.187 e. The van der Waals surface area contributed by atoms with Crippen LogP contribution in [0.25, 0.3) is 0 Å². The largest absolute Gasteiger partial charge is 0.394 e. The van der Waals surface area contributed by atoms with Gasteiger partial charge in [0.15, 0.2) is 18.9 Å². The molecule has 4 aliphatic carbocycles. The minimum atomic E-state index is -1.80. The van der Waals surface area contributed by atoms with Gasteiger partial charge in [-0.15, -0.1) is 0 Å². The molecule has 12 N–H and O–H groups in total. The Labute approximate surface area is 388 Å². The number of hydrogen-bond donors (Lipinski definition) is 12. The lowest BCUT2D eigenvalue weighted by atomic mass is 9.35. The highest BCUT2D eigenvalue weighted by Crippen LogP contribution is 2.76. The van der Waals surface area contributed by atoms with Gasteiger partial charge in [-0.25, -0.2) is 0 Å². The van der Waals surface area contributed by atoms with Gasteiger partial charge in [0.2, 0.25) is 0 Å². The van der Waals surface area contributed by atoms with Crippen molar-refractivity contribution >= 4 is 0 Å². The average molecular weight is 947 g/mol. The zero-order valence-electron chi connectivity index (χ0n) is 40.0. The molecule has 66 heavy (non-hydrogen) atoms. The van der Waals surface area contributed by atoms with Crippen molar-refractivity contribution in [1.82, 2.24) is 0 Å². The highest BCUT2D eigenvalue weighted by molar-refractivity contribution is 5.21. The zero-order chi connectivity index (χ0) is 48.6. The Morgan fingerprint density at radius 1 is 0.606 bits per heavy atom. The Morgan fingerprint density at radius 3 is 1.67 bits per heavy atom. The molecule has 25 atom stereocenters. The van der Waals surface area contributed by atoms with E-state index in [-0.39, 0.29) is 39.9 Å². The standard InChI is InChI=1S/C48H82O18/c1-22(2)10-9-14-48(8,60)23-11-16-47(7)31(23)24(61-41-38(58)35(55)32(52)25(19-49)62-41)18-29-45(5)15-13-30(44(3,4)28(45)12-17-46(29,47)6)65-43-40(37(57)34(54)27(21-51)64-43)66-42-39(59)36(56)33(53)26(20-50)63-42/h10,23-43,49-60H,9,11-21H2,1-8H3/t23-,24+,25+,26+,27+,28-,29+,30-,31-,32+,33+,34+,35-,36-,37-,38+,39+,40+,41+,42-,43-,45-,46+,47+,48-/m0/s1. The van der Waals surface area contributed by atoms with Crippen molar-refractivity contribution in [2.45, 2.75) is 223 Å². The minimum absolute atomic E-state index is 0.0387.